The molecule has 20 nitrogen and oxygen atoms in total. The number of aromatic hydroxyl groups is 1. The number of phenolic OH excluding ortho intramolecular Hbond substituents is 1. The molecule has 0 fully saturated rings. The minimum Gasteiger partial charge on any atom is -0.508 e. The highest BCUT2D eigenvalue weighted by molar-refractivity contribution is 5.98. The first-order chi connectivity index (χ1) is 25.7. The highest BCUT2D eigenvalue weighted by atomic mass is 16.3. The molecule has 0 spiro atoms. The van der Waals surface area contributed by atoms with Gasteiger partial charge in [-0.15, -0.1) is 0 Å². The molecule has 20 heteroatoms. The number of hydrogen-bond acceptors (Lipinski definition) is 13. The number of phenols is 1. The van der Waals surface area contributed by atoms with Crippen LogP contribution in [0.5, 0.6) is 5.75 Å². The highest BCUT2D eigenvalue weighted by Gasteiger charge is 2.37. The molecule has 1 aromatic rings. The van der Waals surface area contributed by atoms with Crippen LogP contribution < -0.4 is 54.8 Å². The number of unbranched alkanes of at least 4 members (excludes halogenated alkanes) is 2. The minimum absolute atomic E-state index is 0.0516. The van der Waals surface area contributed by atoms with Crippen molar-refractivity contribution in [3.8, 4) is 5.75 Å². The summed E-state index contributed by atoms with van der Waals surface area (Å²) in [5.41, 5.74) is 20.1. The van der Waals surface area contributed by atoms with E-state index in [1.165, 1.54) is 52.0 Å². The third-order valence-corrected chi connectivity index (χ3v) is 8.39. The predicted molar refractivity (Wildman–Crippen MR) is 201 cm³/mol. The van der Waals surface area contributed by atoms with Gasteiger partial charge >= 0.3 is 0 Å². The van der Waals surface area contributed by atoms with Crippen LogP contribution in [0, 0.1) is 0 Å². The van der Waals surface area contributed by atoms with E-state index in [-0.39, 0.29) is 25.0 Å². The van der Waals surface area contributed by atoms with Gasteiger partial charge in [-0.05, 0) is 97.0 Å². The van der Waals surface area contributed by atoms with Crippen LogP contribution in [-0.2, 0) is 40.0 Å². The number of aliphatic hydroxyl groups is 2. The zero-order valence-corrected chi connectivity index (χ0v) is 32.0. The van der Waals surface area contributed by atoms with Crippen LogP contribution in [0.2, 0.25) is 0 Å². The Balaban J connectivity index is 3.17. The van der Waals surface area contributed by atoms with Gasteiger partial charge in [0.2, 0.25) is 41.4 Å². The van der Waals surface area contributed by atoms with Crippen molar-refractivity contribution < 1.29 is 48.9 Å². The van der Waals surface area contributed by atoms with E-state index in [1.54, 1.807) is 0 Å². The van der Waals surface area contributed by atoms with E-state index in [0.29, 0.717) is 44.3 Å². The topological polar surface area (TPSA) is 356 Å². The largest absolute Gasteiger partial charge is 0.508 e. The lowest BCUT2D eigenvalue weighted by Gasteiger charge is -2.31. The number of carbonyl (C=O) groups is 7. The number of rotatable bonds is 25. The van der Waals surface area contributed by atoms with Gasteiger partial charge in [-0.1, -0.05) is 12.1 Å². The van der Waals surface area contributed by atoms with E-state index in [9.17, 15) is 48.9 Å². The van der Waals surface area contributed by atoms with E-state index in [1.807, 2.05) is 0 Å². The fraction of sp³-hybridized carbons (Fsp3) is 0.629. The summed E-state index contributed by atoms with van der Waals surface area (Å²) in [5.74, 6) is -6.06. The van der Waals surface area contributed by atoms with Crippen molar-refractivity contribution in [1.82, 2.24) is 31.9 Å². The second-order valence-electron chi connectivity index (χ2n) is 14.3. The lowest BCUT2D eigenvalue weighted by Crippen LogP contribution is -2.64. The molecule has 17 N–H and O–H groups in total. The Hall–Kier alpha value is -4.89. The Morgan fingerprint density at radius 3 is 1.47 bits per heavy atom. The second kappa shape index (κ2) is 23.1. The van der Waals surface area contributed by atoms with Crippen molar-refractivity contribution >= 4 is 41.4 Å². The van der Waals surface area contributed by atoms with Crippen molar-refractivity contribution in [2.24, 2.45) is 22.9 Å². The summed E-state index contributed by atoms with van der Waals surface area (Å²) in [7, 11) is 0. The molecule has 0 aromatic heterocycles. The lowest BCUT2D eigenvalue weighted by molar-refractivity contribution is -0.137. The average molecular weight is 781 g/mol. The van der Waals surface area contributed by atoms with Crippen LogP contribution in [0.1, 0.15) is 71.8 Å². The maximum absolute atomic E-state index is 13.4. The molecule has 0 aliphatic heterocycles. The molecule has 0 saturated heterocycles. The predicted octanol–water partition coefficient (Wildman–Crippen LogP) is -4.28. The number of aliphatic hydroxyl groups excluding tert-OH is 2. The number of primary amides is 1. The molecular weight excluding hydrogens is 720 g/mol. The molecule has 7 amide bonds. The quantitative estimate of drug-likeness (QED) is 0.0419. The van der Waals surface area contributed by atoms with Gasteiger partial charge in [-0.3, -0.25) is 33.6 Å². The summed E-state index contributed by atoms with van der Waals surface area (Å²) in [6.45, 7) is 4.42. The number of hydrogen-bond donors (Lipinski definition) is 13. The van der Waals surface area contributed by atoms with E-state index < -0.39 is 95.9 Å². The minimum atomic E-state index is -1.69. The molecule has 1 aromatic carbocycles. The first-order valence-electron chi connectivity index (χ1n) is 18.0. The molecule has 55 heavy (non-hydrogen) atoms. The maximum Gasteiger partial charge on any atom is 0.245 e. The maximum atomic E-state index is 13.4. The highest BCUT2D eigenvalue weighted by Crippen LogP contribution is 2.13. The van der Waals surface area contributed by atoms with Crippen LogP contribution in [0.4, 0.5) is 0 Å². The molecule has 0 saturated carbocycles. The van der Waals surface area contributed by atoms with Crippen molar-refractivity contribution in [3.05, 3.63) is 29.8 Å². The molecule has 1 rings (SSSR count). The van der Waals surface area contributed by atoms with Crippen LogP contribution in [0.25, 0.3) is 0 Å². The zero-order chi connectivity index (χ0) is 41.9. The lowest BCUT2D eigenvalue weighted by atomic mass is 9.98. The second-order valence-corrected chi connectivity index (χ2v) is 14.3. The molecule has 0 bridgehead atoms. The summed E-state index contributed by atoms with van der Waals surface area (Å²) in [6, 6.07) is -1.35. The van der Waals surface area contributed by atoms with Crippen molar-refractivity contribution in [3.63, 3.8) is 0 Å². The molecule has 0 aliphatic carbocycles. The monoisotopic (exact) mass is 780 g/mol. The summed E-state index contributed by atoms with van der Waals surface area (Å²) in [5, 5.41) is 44.4. The van der Waals surface area contributed by atoms with Crippen LogP contribution >= 0.6 is 0 Å². The van der Waals surface area contributed by atoms with Gasteiger partial charge in [0.1, 0.15) is 41.5 Å². The Morgan fingerprint density at radius 2 is 1.04 bits per heavy atom. The summed E-state index contributed by atoms with van der Waals surface area (Å²) < 4.78 is 0. The summed E-state index contributed by atoms with van der Waals surface area (Å²) in [6.07, 6.45) is 2.02. The molecule has 5 atom stereocenters. The Labute approximate surface area is 320 Å². The van der Waals surface area contributed by atoms with E-state index in [4.69, 9.17) is 22.9 Å². The molecule has 0 heterocycles. The van der Waals surface area contributed by atoms with Gasteiger partial charge in [0, 0.05) is 6.42 Å². The first-order valence-corrected chi connectivity index (χ1v) is 18.0. The first kappa shape index (κ1) is 48.1. The number of nitrogens with one attached hydrogen (secondary N) is 6. The van der Waals surface area contributed by atoms with Gasteiger partial charge in [0.05, 0.1) is 18.8 Å². The molecular formula is C35H60N10O10. The molecule has 0 unspecified atom stereocenters. The van der Waals surface area contributed by atoms with Crippen LogP contribution in [0.3, 0.4) is 0 Å². The van der Waals surface area contributed by atoms with Gasteiger partial charge in [-0.2, -0.15) is 0 Å². The Morgan fingerprint density at radius 1 is 0.618 bits per heavy atom. The fourth-order valence-electron chi connectivity index (χ4n) is 4.93. The van der Waals surface area contributed by atoms with Crippen LogP contribution in [-0.4, -0.2) is 124 Å². The summed E-state index contributed by atoms with van der Waals surface area (Å²) >= 11 is 0. The normalized spacial score (nSPS) is 14.3. The number of amides is 7. The molecule has 0 aliphatic rings. The molecule has 310 valence electrons. The average Bonchev–Trinajstić information content (AvgIpc) is 3.11. The fourth-order valence-corrected chi connectivity index (χ4v) is 4.93. The van der Waals surface area contributed by atoms with Gasteiger partial charge < -0.3 is 70.2 Å². The van der Waals surface area contributed by atoms with Crippen molar-refractivity contribution in [2.45, 2.75) is 114 Å². The smallest absolute Gasteiger partial charge is 0.245 e. The van der Waals surface area contributed by atoms with Crippen molar-refractivity contribution in [1.29, 1.82) is 0 Å². The van der Waals surface area contributed by atoms with E-state index in [0.717, 1.165) is 0 Å². The standard InChI is InChI=1S/C35H60N10O10/c1-34(2,39)32(54)45-35(3,4)33(55)44-23(10-6-8-16-37)28(50)42-26(19-47)31(53)43-25(18-46)30(52)41-24(17-20-11-13-21(48)14-12-20)29(51)40-22(27(38)49)9-5-7-15-36/h11-14,22-26,46-48H,5-10,15-19,36-37,39H2,1-4H3,(H2,38,49)(H,40,51)(H,41,52)(H,42,50)(H,43,53)(H,44,55)(H,45,54)/t22-,23-,24-,25-,26-/m0/s1. The van der Waals surface area contributed by atoms with Gasteiger partial charge in [0.15, 0.2) is 0 Å². The van der Waals surface area contributed by atoms with Gasteiger partial charge in [0.25, 0.3) is 0 Å². The SMILES string of the molecule is CC(C)(N)C(=O)NC(C)(C)C(=O)N[C@@H](CCCCN)C(=O)N[C@@H](CO)C(=O)N[C@@H](CO)C(=O)N[C@@H](Cc1ccc(O)cc1)C(=O)N[C@@H](CCCCN)C(N)=O. The van der Waals surface area contributed by atoms with Crippen LogP contribution in [0.15, 0.2) is 24.3 Å². The zero-order valence-electron chi connectivity index (χ0n) is 32.0. The van der Waals surface area contributed by atoms with Gasteiger partial charge in [-0.25, -0.2) is 0 Å². The third kappa shape index (κ3) is 17.0. The van der Waals surface area contributed by atoms with Crippen molar-refractivity contribution in [2.75, 3.05) is 26.3 Å². The molecule has 0 radical (unpaired) electrons. The Kier molecular flexibility index (Phi) is 20.2. The Bertz CT molecular complexity index is 1450. The number of benzene rings is 1. The van der Waals surface area contributed by atoms with E-state index in [2.05, 4.69) is 31.9 Å². The summed E-state index contributed by atoms with van der Waals surface area (Å²) in [4.78, 5) is 91.2. The third-order valence-electron chi connectivity index (χ3n) is 8.39. The van der Waals surface area contributed by atoms with E-state index >= 15 is 0 Å². The number of nitrogens with two attached hydrogens (primary N) is 4. The number of carbonyl (C=O) groups excluding carboxylic acids is 7.